The van der Waals surface area contributed by atoms with E-state index in [2.05, 4.69) is 4.90 Å². The highest BCUT2D eigenvalue weighted by molar-refractivity contribution is 7.89. The lowest BCUT2D eigenvalue weighted by Gasteiger charge is -2.30. The zero-order chi connectivity index (χ0) is 26.0. The summed E-state index contributed by atoms with van der Waals surface area (Å²) >= 11 is 1.41. The molecule has 2 aromatic rings. The lowest BCUT2D eigenvalue weighted by molar-refractivity contribution is -0.140. The highest BCUT2D eigenvalue weighted by atomic mass is 32.2. The first kappa shape index (κ1) is 26.0. The van der Waals surface area contributed by atoms with Gasteiger partial charge in [-0.25, -0.2) is 8.42 Å². The van der Waals surface area contributed by atoms with E-state index in [4.69, 9.17) is 9.47 Å². The Kier molecular flexibility index (Phi) is 7.75. The number of nitrogens with zero attached hydrogens (tertiary/aromatic N) is 3. The average molecular weight is 548 g/mol. The molecular weight excluding hydrogens is 518 g/mol. The number of carbonyl (C=O) groups is 2. The van der Waals surface area contributed by atoms with Crippen molar-refractivity contribution >= 4 is 38.8 Å². The number of likely N-dealkylation sites (tertiary alicyclic amines) is 1. The zero-order valence-electron chi connectivity index (χ0n) is 20.2. The fraction of sp³-hybridized carbons (Fsp3) is 0.440. The third-order valence-electron chi connectivity index (χ3n) is 6.85. The molecule has 1 unspecified atom stereocenters. The Hall–Kier alpha value is -2.61. The van der Waals surface area contributed by atoms with Gasteiger partial charge in [-0.1, -0.05) is 6.07 Å². The van der Waals surface area contributed by atoms with Gasteiger partial charge in [0, 0.05) is 49.7 Å². The minimum absolute atomic E-state index is 0.0122. The summed E-state index contributed by atoms with van der Waals surface area (Å²) in [7, 11) is -3.70. The van der Waals surface area contributed by atoms with Gasteiger partial charge in [0.25, 0.3) is 11.7 Å². The number of aliphatic hydroxyl groups is 1. The number of carbonyl (C=O) groups excluding carboxylic acids is 2. The molecule has 3 aliphatic heterocycles. The largest absolute Gasteiger partial charge is 0.507 e. The molecule has 3 saturated heterocycles. The maximum absolute atomic E-state index is 13.2. The van der Waals surface area contributed by atoms with Gasteiger partial charge >= 0.3 is 0 Å². The second-order valence-corrected chi connectivity index (χ2v) is 11.9. The minimum atomic E-state index is -3.70. The zero-order valence-corrected chi connectivity index (χ0v) is 21.9. The van der Waals surface area contributed by atoms with E-state index in [0.29, 0.717) is 39.5 Å². The van der Waals surface area contributed by atoms with E-state index in [0.717, 1.165) is 18.0 Å². The van der Waals surface area contributed by atoms with Crippen LogP contribution in [0.25, 0.3) is 5.76 Å². The highest BCUT2D eigenvalue weighted by Crippen LogP contribution is 2.41. The van der Waals surface area contributed by atoms with Crippen molar-refractivity contribution in [3.63, 3.8) is 0 Å². The SMILES string of the molecule is O=C1C(=O)N(CCN2CCOCC2)C(c2cccs2)C1=C(O)c1ccc(S(=O)(=O)N2CCOCC2)cc1. The number of hydrogen-bond donors (Lipinski definition) is 1. The summed E-state index contributed by atoms with van der Waals surface area (Å²) in [5.74, 6) is -1.72. The van der Waals surface area contributed by atoms with Crippen LogP contribution in [0.15, 0.2) is 52.2 Å². The van der Waals surface area contributed by atoms with Crippen molar-refractivity contribution in [3.05, 3.63) is 57.8 Å². The Balaban J connectivity index is 1.44. The van der Waals surface area contributed by atoms with Gasteiger partial charge in [0.2, 0.25) is 10.0 Å². The van der Waals surface area contributed by atoms with Gasteiger partial charge in [0.1, 0.15) is 5.76 Å². The van der Waals surface area contributed by atoms with E-state index in [1.165, 1.54) is 44.8 Å². The van der Waals surface area contributed by atoms with Crippen LogP contribution in [0.4, 0.5) is 0 Å². The maximum atomic E-state index is 13.2. The van der Waals surface area contributed by atoms with Crippen LogP contribution in [-0.4, -0.2) is 105 Å². The number of sulfonamides is 1. The van der Waals surface area contributed by atoms with Crippen molar-refractivity contribution in [1.82, 2.24) is 14.1 Å². The lowest BCUT2D eigenvalue weighted by Crippen LogP contribution is -2.42. The number of Topliss-reactive ketones (excluding diaryl/α,β-unsaturated/α-hetero) is 1. The molecule has 1 N–H and O–H groups in total. The number of ketones is 1. The first-order valence-corrected chi connectivity index (χ1v) is 14.5. The number of thiophene rings is 1. The Morgan fingerprint density at radius 1 is 0.946 bits per heavy atom. The number of aliphatic hydroxyl groups excluding tert-OH is 1. The van der Waals surface area contributed by atoms with Crippen molar-refractivity contribution in [2.45, 2.75) is 10.9 Å². The molecule has 1 atom stereocenters. The van der Waals surface area contributed by atoms with E-state index in [-0.39, 0.29) is 34.9 Å². The second-order valence-electron chi connectivity index (χ2n) is 9.00. The van der Waals surface area contributed by atoms with Crippen LogP contribution >= 0.6 is 11.3 Å². The number of ether oxygens (including phenoxy) is 2. The quantitative estimate of drug-likeness (QED) is 0.315. The fourth-order valence-electron chi connectivity index (χ4n) is 4.80. The number of morpholine rings is 2. The molecule has 10 nitrogen and oxygen atoms in total. The van der Waals surface area contributed by atoms with Gasteiger partial charge < -0.3 is 19.5 Å². The van der Waals surface area contributed by atoms with Crippen molar-refractivity contribution in [3.8, 4) is 0 Å². The predicted octanol–water partition coefficient (Wildman–Crippen LogP) is 1.52. The van der Waals surface area contributed by atoms with Crippen LogP contribution in [0.3, 0.4) is 0 Å². The normalized spacial score (nSPS) is 23.6. The summed E-state index contributed by atoms with van der Waals surface area (Å²) in [4.78, 5) is 30.8. The summed E-state index contributed by atoms with van der Waals surface area (Å²) in [5, 5.41) is 13.1. The van der Waals surface area contributed by atoms with Gasteiger partial charge in [-0.3, -0.25) is 14.5 Å². The number of amides is 1. The number of hydrogen-bond acceptors (Lipinski definition) is 9. The monoisotopic (exact) mass is 547 g/mol. The molecule has 4 heterocycles. The van der Waals surface area contributed by atoms with E-state index in [1.807, 2.05) is 17.5 Å². The van der Waals surface area contributed by atoms with Gasteiger partial charge in [0.15, 0.2) is 0 Å². The Morgan fingerprint density at radius 3 is 2.22 bits per heavy atom. The number of rotatable bonds is 7. The molecule has 0 saturated carbocycles. The fourth-order valence-corrected chi connectivity index (χ4v) is 7.06. The summed E-state index contributed by atoms with van der Waals surface area (Å²) in [6, 6.07) is 8.73. The summed E-state index contributed by atoms with van der Waals surface area (Å²) in [5.41, 5.74) is 0.284. The smallest absolute Gasteiger partial charge is 0.295 e. The van der Waals surface area contributed by atoms with E-state index in [9.17, 15) is 23.1 Å². The van der Waals surface area contributed by atoms with Gasteiger partial charge in [-0.2, -0.15) is 4.31 Å². The van der Waals surface area contributed by atoms with Gasteiger partial charge in [0.05, 0.1) is 42.9 Å². The first-order chi connectivity index (χ1) is 17.9. The first-order valence-electron chi connectivity index (χ1n) is 12.2. The summed E-state index contributed by atoms with van der Waals surface area (Å²) in [6.07, 6.45) is 0. The molecule has 0 spiro atoms. The highest BCUT2D eigenvalue weighted by Gasteiger charge is 2.46. The van der Waals surface area contributed by atoms with Gasteiger partial charge in [-0.05, 0) is 35.7 Å². The molecule has 0 radical (unpaired) electrons. The number of benzene rings is 1. The Morgan fingerprint density at radius 2 is 1.59 bits per heavy atom. The van der Waals surface area contributed by atoms with Crippen molar-refractivity contribution < 1.29 is 32.6 Å². The van der Waals surface area contributed by atoms with Gasteiger partial charge in [-0.15, -0.1) is 11.3 Å². The van der Waals surface area contributed by atoms with E-state index in [1.54, 1.807) is 0 Å². The van der Waals surface area contributed by atoms with Crippen molar-refractivity contribution in [2.24, 2.45) is 0 Å². The summed E-state index contributed by atoms with van der Waals surface area (Å²) < 4.78 is 37.9. The molecule has 5 rings (SSSR count). The average Bonchev–Trinajstić information content (AvgIpc) is 3.55. The minimum Gasteiger partial charge on any atom is -0.507 e. The Labute approximate surface area is 219 Å². The van der Waals surface area contributed by atoms with Crippen LogP contribution in [0.2, 0.25) is 0 Å². The molecule has 0 aliphatic carbocycles. The molecule has 198 valence electrons. The standard InChI is InChI=1S/C25H29N3O7S2/c29-23(18-3-5-19(6-4-18)37(32,33)27-11-15-35-16-12-27)21-22(20-2-1-17-36-20)28(25(31)24(21)30)8-7-26-9-13-34-14-10-26/h1-6,17,22,29H,7-16H2. The van der Waals surface area contributed by atoms with Crippen LogP contribution in [0, 0.1) is 0 Å². The van der Waals surface area contributed by atoms with Crippen LogP contribution < -0.4 is 0 Å². The predicted molar refractivity (Wildman–Crippen MR) is 137 cm³/mol. The van der Waals surface area contributed by atoms with Crippen LogP contribution in [0.5, 0.6) is 0 Å². The molecule has 3 aliphatic rings. The molecule has 1 aromatic heterocycles. The molecule has 1 amide bonds. The van der Waals surface area contributed by atoms with E-state index >= 15 is 0 Å². The molecule has 3 fully saturated rings. The molecule has 1 aromatic carbocycles. The molecule has 0 bridgehead atoms. The molecule has 12 heteroatoms. The van der Waals surface area contributed by atoms with Crippen LogP contribution in [-0.2, 0) is 29.1 Å². The van der Waals surface area contributed by atoms with Crippen LogP contribution in [0.1, 0.15) is 16.5 Å². The van der Waals surface area contributed by atoms with Crippen molar-refractivity contribution in [2.75, 3.05) is 65.7 Å². The Bertz CT molecular complexity index is 1260. The maximum Gasteiger partial charge on any atom is 0.295 e. The van der Waals surface area contributed by atoms with E-state index < -0.39 is 27.8 Å². The topological polar surface area (TPSA) is 117 Å². The molecule has 37 heavy (non-hydrogen) atoms. The third kappa shape index (κ3) is 5.22. The third-order valence-corrected chi connectivity index (χ3v) is 9.69. The second kappa shape index (κ2) is 11.0. The summed E-state index contributed by atoms with van der Waals surface area (Å²) in [6.45, 7) is 4.93. The molecular formula is C25H29N3O7S2. The van der Waals surface area contributed by atoms with Crippen molar-refractivity contribution in [1.29, 1.82) is 0 Å². The lowest BCUT2D eigenvalue weighted by atomic mass is 10.00.